The van der Waals surface area contributed by atoms with Gasteiger partial charge < -0.3 is 10.7 Å². The van der Waals surface area contributed by atoms with Crippen LogP contribution in [0.5, 0.6) is 0 Å². The molecule has 16 heavy (non-hydrogen) atoms. The van der Waals surface area contributed by atoms with Crippen LogP contribution < -0.4 is 11.6 Å². The maximum Gasteiger partial charge on any atom is 0.182 e. The minimum atomic E-state index is -0.120. The Balaban J connectivity index is 4.74. The van der Waals surface area contributed by atoms with Gasteiger partial charge in [0.25, 0.3) is 0 Å². The number of hydrogen-bond donors (Lipinski definition) is 2. The molecule has 0 aliphatic heterocycles. The standard InChI is InChI=1S/C12H23N3O/c1-6-11(8(2)3)15(14)7-10(13)12(16)9(4)5/h6-9,11H,1,13-14H2,2-5H3/b10-7-. The third kappa shape index (κ3) is 4.06. The van der Waals surface area contributed by atoms with Crippen LogP contribution in [0.3, 0.4) is 0 Å². The molecule has 0 bridgehead atoms. The molecular weight excluding hydrogens is 202 g/mol. The van der Waals surface area contributed by atoms with E-state index in [0.29, 0.717) is 5.92 Å². The van der Waals surface area contributed by atoms with E-state index in [1.807, 2.05) is 13.8 Å². The van der Waals surface area contributed by atoms with Crippen LogP contribution in [0.1, 0.15) is 27.7 Å². The number of carbonyl (C=O) groups is 1. The third-order valence-electron chi connectivity index (χ3n) is 2.37. The van der Waals surface area contributed by atoms with Crippen molar-refractivity contribution in [3.05, 3.63) is 24.6 Å². The smallest absolute Gasteiger partial charge is 0.182 e. The van der Waals surface area contributed by atoms with Crippen molar-refractivity contribution in [3.63, 3.8) is 0 Å². The number of ketones is 1. The second-order valence-corrected chi connectivity index (χ2v) is 4.52. The van der Waals surface area contributed by atoms with Crippen LogP contribution in [0.4, 0.5) is 0 Å². The average molecular weight is 225 g/mol. The summed E-state index contributed by atoms with van der Waals surface area (Å²) in [5.41, 5.74) is 5.85. The fourth-order valence-electron chi connectivity index (χ4n) is 1.38. The van der Waals surface area contributed by atoms with Crippen molar-refractivity contribution in [1.82, 2.24) is 5.01 Å². The number of hydrogen-bond acceptors (Lipinski definition) is 4. The van der Waals surface area contributed by atoms with E-state index in [4.69, 9.17) is 11.6 Å². The van der Waals surface area contributed by atoms with Crippen molar-refractivity contribution in [2.45, 2.75) is 33.7 Å². The Bertz CT molecular complexity index is 282. The summed E-state index contributed by atoms with van der Waals surface area (Å²) in [6.07, 6.45) is 3.23. The first-order chi connectivity index (χ1) is 7.31. The molecule has 0 aliphatic carbocycles. The van der Waals surface area contributed by atoms with Crippen molar-refractivity contribution in [2.24, 2.45) is 23.4 Å². The fourth-order valence-corrected chi connectivity index (χ4v) is 1.38. The first-order valence-electron chi connectivity index (χ1n) is 5.48. The molecule has 0 saturated carbocycles. The van der Waals surface area contributed by atoms with Crippen LogP contribution >= 0.6 is 0 Å². The van der Waals surface area contributed by atoms with E-state index in [1.54, 1.807) is 19.9 Å². The van der Waals surface area contributed by atoms with Crippen molar-refractivity contribution in [3.8, 4) is 0 Å². The van der Waals surface area contributed by atoms with Gasteiger partial charge in [-0.3, -0.25) is 4.79 Å². The molecule has 0 aliphatic rings. The molecule has 0 fully saturated rings. The summed E-state index contributed by atoms with van der Waals surface area (Å²) in [5, 5.41) is 1.44. The molecule has 0 heterocycles. The zero-order valence-corrected chi connectivity index (χ0v) is 10.6. The lowest BCUT2D eigenvalue weighted by atomic mass is 10.0. The van der Waals surface area contributed by atoms with Crippen LogP contribution in [0, 0.1) is 11.8 Å². The summed E-state index contributed by atoms with van der Waals surface area (Å²) < 4.78 is 0. The number of allylic oxidation sites excluding steroid dienone is 1. The average Bonchev–Trinajstić information content (AvgIpc) is 2.16. The molecule has 4 heteroatoms. The van der Waals surface area contributed by atoms with E-state index in [9.17, 15) is 4.79 Å². The normalized spacial score (nSPS) is 14.1. The summed E-state index contributed by atoms with van der Waals surface area (Å²) in [7, 11) is 0. The van der Waals surface area contributed by atoms with Gasteiger partial charge in [-0.1, -0.05) is 33.8 Å². The van der Waals surface area contributed by atoms with Crippen LogP contribution in [-0.2, 0) is 4.79 Å². The second-order valence-electron chi connectivity index (χ2n) is 4.52. The Kier molecular flexibility index (Phi) is 5.82. The predicted octanol–water partition coefficient (Wildman–Crippen LogP) is 1.40. The van der Waals surface area contributed by atoms with Crippen molar-refractivity contribution in [1.29, 1.82) is 0 Å². The van der Waals surface area contributed by atoms with E-state index in [0.717, 1.165) is 0 Å². The molecule has 4 N–H and O–H groups in total. The summed E-state index contributed by atoms with van der Waals surface area (Å²) in [6, 6.07) is -0.0292. The zero-order chi connectivity index (χ0) is 12.9. The number of nitrogens with two attached hydrogens (primary N) is 2. The van der Waals surface area contributed by atoms with Crippen LogP contribution in [0.25, 0.3) is 0 Å². The fraction of sp³-hybridized carbons (Fsp3) is 0.583. The van der Waals surface area contributed by atoms with Gasteiger partial charge in [-0.25, -0.2) is 5.84 Å². The zero-order valence-electron chi connectivity index (χ0n) is 10.6. The Hall–Kier alpha value is -1.29. The van der Waals surface area contributed by atoms with Gasteiger partial charge >= 0.3 is 0 Å². The molecule has 0 aromatic carbocycles. The maximum atomic E-state index is 11.6. The molecule has 0 aromatic heterocycles. The Morgan fingerprint density at radius 1 is 1.31 bits per heavy atom. The Morgan fingerprint density at radius 2 is 1.81 bits per heavy atom. The summed E-state index contributed by atoms with van der Waals surface area (Å²) in [4.78, 5) is 11.6. The molecule has 0 spiro atoms. The van der Waals surface area contributed by atoms with Crippen LogP contribution in [-0.4, -0.2) is 16.8 Å². The van der Waals surface area contributed by atoms with E-state index in [-0.39, 0.29) is 23.4 Å². The van der Waals surface area contributed by atoms with Gasteiger partial charge in [-0.05, 0) is 5.92 Å². The van der Waals surface area contributed by atoms with Crippen molar-refractivity contribution >= 4 is 5.78 Å². The third-order valence-corrected chi connectivity index (χ3v) is 2.37. The molecule has 1 atom stereocenters. The number of hydrazine groups is 1. The van der Waals surface area contributed by atoms with E-state index < -0.39 is 0 Å². The van der Waals surface area contributed by atoms with E-state index in [2.05, 4.69) is 6.58 Å². The van der Waals surface area contributed by atoms with Crippen molar-refractivity contribution < 1.29 is 4.79 Å². The molecule has 0 rings (SSSR count). The van der Waals surface area contributed by atoms with Gasteiger partial charge in [-0.2, -0.15) is 0 Å². The van der Waals surface area contributed by atoms with Crippen LogP contribution in [0.15, 0.2) is 24.6 Å². The first kappa shape index (κ1) is 14.7. The largest absolute Gasteiger partial charge is 0.395 e. The molecule has 92 valence electrons. The quantitative estimate of drug-likeness (QED) is 0.310. The summed E-state index contributed by atoms with van der Waals surface area (Å²) in [5.74, 6) is 5.91. The van der Waals surface area contributed by atoms with Crippen LogP contribution in [0.2, 0.25) is 0 Å². The SMILES string of the molecule is C=CC(C(C)C)N(N)/C=C(\N)C(=O)C(C)C. The first-order valence-corrected chi connectivity index (χ1v) is 5.48. The number of Topliss-reactive ketones (excluding diaryl/α,β-unsaturated/α-hetero) is 1. The molecule has 0 saturated heterocycles. The number of nitrogens with zero attached hydrogens (tertiary/aromatic N) is 1. The number of carbonyl (C=O) groups excluding carboxylic acids is 1. The predicted molar refractivity (Wildman–Crippen MR) is 67.0 cm³/mol. The minimum Gasteiger partial charge on any atom is -0.395 e. The monoisotopic (exact) mass is 225 g/mol. The van der Waals surface area contributed by atoms with Crippen molar-refractivity contribution in [2.75, 3.05) is 0 Å². The van der Waals surface area contributed by atoms with E-state index >= 15 is 0 Å². The lowest BCUT2D eigenvalue weighted by molar-refractivity contribution is -0.118. The lowest BCUT2D eigenvalue weighted by Gasteiger charge is -2.27. The minimum absolute atomic E-state index is 0.0292. The molecule has 0 aromatic rings. The highest BCUT2D eigenvalue weighted by Gasteiger charge is 2.16. The highest BCUT2D eigenvalue weighted by Crippen LogP contribution is 2.10. The Labute approximate surface area is 97.9 Å². The highest BCUT2D eigenvalue weighted by atomic mass is 16.1. The molecule has 0 amide bonds. The second kappa shape index (κ2) is 6.33. The summed E-state index contributed by atoms with van der Waals surface area (Å²) in [6.45, 7) is 11.4. The highest BCUT2D eigenvalue weighted by molar-refractivity contribution is 5.95. The van der Waals surface area contributed by atoms with Gasteiger partial charge in [0, 0.05) is 12.1 Å². The van der Waals surface area contributed by atoms with Gasteiger partial charge in [0.15, 0.2) is 5.78 Å². The number of rotatable bonds is 6. The summed E-state index contributed by atoms with van der Waals surface area (Å²) >= 11 is 0. The molecule has 0 radical (unpaired) electrons. The van der Waals surface area contributed by atoms with Gasteiger partial charge in [-0.15, -0.1) is 6.58 Å². The topological polar surface area (TPSA) is 72.3 Å². The van der Waals surface area contributed by atoms with Gasteiger partial charge in [0.1, 0.15) is 0 Å². The molecule has 1 unspecified atom stereocenters. The maximum absolute atomic E-state index is 11.6. The van der Waals surface area contributed by atoms with Gasteiger partial charge in [0.05, 0.1) is 11.7 Å². The van der Waals surface area contributed by atoms with E-state index in [1.165, 1.54) is 11.2 Å². The molecular formula is C12H23N3O. The molecule has 4 nitrogen and oxygen atoms in total. The lowest BCUT2D eigenvalue weighted by Crippen LogP contribution is -2.40. The van der Waals surface area contributed by atoms with Gasteiger partial charge in [0.2, 0.25) is 0 Å². The Morgan fingerprint density at radius 3 is 2.12 bits per heavy atom.